The highest BCUT2D eigenvalue weighted by Gasteiger charge is 2.14. The molecule has 0 spiro atoms. The molecule has 1 unspecified atom stereocenters. The standard InChI is InChI=1S/C9H15N3OS/c1-5-4-11-9(14-5)7(3)12-8(13)6(2)10/h4,6-7H,10H2,1-3H3,(H,12,13)/t6-,7?/m1/s1. The van der Waals surface area contributed by atoms with Gasteiger partial charge in [-0.3, -0.25) is 4.79 Å². The van der Waals surface area contributed by atoms with Gasteiger partial charge in [0, 0.05) is 11.1 Å². The van der Waals surface area contributed by atoms with Crippen molar-refractivity contribution in [2.75, 3.05) is 0 Å². The Labute approximate surface area is 87.5 Å². The first-order valence-electron chi connectivity index (χ1n) is 4.49. The summed E-state index contributed by atoms with van der Waals surface area (Å²) in [4.78, 5) is 16.6. The molecule has 14 heavy (non-hydrogen) atoms. The fourth-order valence-corrected chi connectivity index (χ4v) is 1.76. The first kappa shape index (κ1) is 11.1. The number of aryl methyl sites for hydroxylation is 1. The van der Waals surface area contributed by atoms with Gasteiger partial charge in [-0.15, -0.1) is 11.3 Å². The van der Waals surface area contributed by atoms with Gasteiger partial charge in [0.15, 0.2) is 0 Å². The monoisotopic (exact) mass is 213 g/mol. The minimum Gasteiger partial charge on any atom is -0.346 e. The van der Waals surface area contributed by atoms with E-state index in [1.807, 2.05) is 13.8 Å². The van der Waals surface area contributed by atoms with Crippen LogP contribution in [0, 0.1) is 6.92 Å². The van der Waals surface area contributed by atoms with Gasteiger partial charge in [0.05, 0.1) is 12.1 Å². The average Bonchev–Trinajstić information content (AvgIpc) is 2.51. The van der Waals surface area contributed by atoms with Gasteiger partial charge in [-0.2, -0.15) is 0 Å². The quantitative estimate of drug-likeness (QED) is 0.786. The van der Waals surface area contributed by atoms with Crippen molar-refractivity contribution in [3.05, 3.63) is 16.1 Å². The number of carbonyl (C=O) groups excluding carboxylic acids is 1. The van der Waals surface area contributed by atoms with Gasteiger partial charge in [-0.1, -0.05) is 0 Å². The molecular weight excluding hydrogens is 198 g/mol. The molecule has 78 valence electrons. The molecule has 0 aliphatic heterocycles. The molecule has 4 nitrogen and oxygen atoms in total. The molecule has 1 amide bonds. The maximum Gasteiger partial charge on any atom is 0.237 e. The van der Waals surface area contributed by atoms with Gasteiger partial charge < -0.3 is 11.1 Å². The van der Waals surface area contributed by atoms with Crippen LogP contribution in [0.4, 0.5) is 0 Å². The fourth-order valence-electron chi connectivity index (χ4n) is 0.979. The van der Waals surface area contributed by atoms with Crippen molar-refractivity contribution in [2.24, 2.45) is 5.73 Å². The zero-order valence-electron chi connectivity index (χ0n) is 8.57. The number of nitrogens with one attached hydrogen (secondary N) is 1. The van der Waals surface area contributed by atoms with E-state index in [0.29, 0.717) is 0 Å². The number of amides is 1. The predicted octanol–water partition coefficient (Wildman–Crippen LogP) is 0.976. The molecule has 0 saturated heterocycles. The second-order valence-corrected chi connectivity index (χ2v) is 4.59. The topological polar surface area (TPSA) is 68.0 Å². The molecule has 1 rings (SSSR count). The van der Waals surface area contributed by atoms with Crippen molar-refractivity contribution < 1.29 is 4.79 Å². The van der Waals surface area contributed by atoms with Gasteiger partial charge in [0.25, 0.3) is 0 Å². The first-order chi connectivity index (χ1) is 6.50. The maximum absolute atomic E-state index is 11.3. The zero-order chi connectivity index (χ0) is 10.7. The molecule has 0 aliphatic carbocycles. The SMILES string of the molecule is Cc1cnc(C(C)NC(=O)[C@@H](C)N)s1. The van der Waals surface area contributed by atoms with E-state index in [0.717, 1.165) is 9.88 Å². The molecule has 5 heteroatoms. The molecule has 0 fully saturated rings. The van der Waals surface area contributed by atoms with Crippen LogP contribution in [0.3, 0.4) is 0 Å². The van der Waals surface area contributed by atoms with Gasteiger partial charge in [-0.05, 0) is 20.8 Å². The summed E-state index contributed by atoms with van der Waals surface area (Å²) in [5.74, 6) is -0.148. The van der Waals surface area contributed by atoms with Crippen molar-refractivity contribution in [3.8, 4) is 0 Å². The van der Waals surface area contributed by atoms with Crippen LogP contribution in [0.25, 0.3) is 0 Å². The van der Waals surface area contributed by atoms with Crippen LogP contribution in [0.15, 0.2) is 6.20 Å². The Hall–Kier alpha value is -0.940. The second-order valence-electron chi connectivity index (χ2n) is 3.33. The predicted molar refractivity (Wildman–Crippen MR) is 57.1 cm³/mol. The van der Waals surface area contributed by atoms with Crippen molar-refractivity contribution in [1.29, 1.82) is 0 Å². The number of nitrogens with zero attached hydrogens (tertiary/aromatic N) is 1. The van der Waals surface area contributed by atoms with E-state index in [2.05, 4.69) is 10.3 Å². The molecule has 0 aliphatic rings. The van der Waals surface area contributed by atoms with Gasteiger partial charge >= 0.3 is 0 Å². The summed E-state index contributed by atoms with van der Waals surface area (Å²) in [6.07, 6.45) is 1.80. The van der Waals surface area contributed by atoms with Gasteiger partial charge in [0.1, 0.15) is 5.01 Å². The van der Waals surface area contributed by atoms with Crippen LogP contribution in [0.5, 0.6) is 0 Å². The average molecular weight is 213 g/mol. The molecule has 0 radical (unpaired) electrons. The van der Waals surface area contributed by atoms with E-state index in [-0.39, 0.29) is 11.9 Å². The number of aromatic nitrogens is 1. The minimum absolute atomic E-state index is 0.0628. The Morgan fingerprint density at radius 2 is 2.29 bits per heavy atom. The summed E-state index contributed by atoms with van der Waals surface area (Å²) in [5.41, 5.74) is 5.44. The van der Waals surface area contributed by atoms with Crippen LogP contribution >= 0.6 is 11.3 Å². The maximum atomic E-state index is 11.3. The highest BCUT2D eigenvalue weighted by Crippen LogP contribution is 2.18. The normalized spacial score (nSPS) is 14.9. The van der Waals surface area contributed by atoms with E-state index in [1.165, 1.54) is 0 Å². The number of nitrogens with two attached hydrogens (primary N) is 1. The third-order valence-corrected chi connectivity index (χ3v) is 2.88. The van der Waals surface area contributed by atoms with Crippen LogP contribution in [-0.4, -0.2) is 16.9 Å². The van der Waals surface area contributed by atoms with Crippen LogP contribution in [-0.2, 0) is 4.79 Å². The van der Waals surface area contributed by atoms with Crippen molar-refractivity contribution in [3.63, 3.8) is 0 Å². The van der Waals surface area contributed by atoms with Crippen LogP contribution < -0.4 is 11.1 Å². The number of rotatable bonds is 3. The lowest BCUT2D eigenvalue weighted by Crippen LogP contribution is -2.39. The number of hydrogen-bond acceptors (Lipinski definition) is 4. The summed E-state index contributed by atoms with van der Waals surface area (Å²) < 4.78 is 0. The van der Waals surface area contributed by atoms with E-state index in [9.17, 15) is 4.79 Å². The highest BCUT2D eigenvalue weighted by atomic mass is 32.1. The van der Waals surface area contributed by atoms with E-state index in [1.54, 1.807) is 24.5 Å². The van der Waals surface area contributed by atoms with Crippen LogP contribution in [0.2, 0.25) is 0 Å². The molecule has 1 aromatic rings. The largest absolute Gasteiger partial charge is 0.346 e. The second kappa shape index (κ2) is 4.52. The van der Waals surface area contributed by atoms with Crippen molar-refractivity contribution in [1.82, 2.24) is 10.3 Å². The summed E-state index contributed by atoms with van der Waals surface area (Å²) in [7, 11) is 0. The Bertz CT molecular complexity index is 322. The Balaban J connectivity index is 2.59. The van der Waals surface area contributed by atoms with E-state index in [4.69, 9.17) is 5.73 Å². The van der Waals surface area contributed by atoms with E-state index < -0.39 is 6.04 Å². The Morgan fingerprint density at radius 1 is 1.64 bits per heavy atom. The Kier molecular flexibility index (Phi) is 3.60. The van der Waals surface area contributed by atoms with Crippen molar-refractivity contribution in [2.45, 2.75) is 32.9 Å². The molecule has 1 heterocycles. The molecule has 0 aromatic carbocycles. The van der Waals surface area contributed by atoms with Gasteiger partial charge in [0.2, 0.25) is 5.91 Å². The third-order valence-electron chi connectivity index (χ3n) is 1.78. The lowest BCUT2D eigenvalue weighted by molar-refractivity contribution is -0.122. The number of hydrogen-bond donors (Lipinski definition) is 2. The molecule has 2 atom stereocenters. The molecule has 0 bridgehead atoms. The summed E-state index contributed by atoms with van der Waals surface area (Å²) >= 11 is 1.58. The fraction of sp³-hybridized carbons (Fsp3) is 0.556. The Morgan fingerprint density at radius 3 is 2.71 bits per heavy atom. The minimum atomic E-state index is -0.474. The highest BCUT2D eigenvalue weighted by molar-refractivity contribution is 7.11. The summed E-state index contributed by atoms with van der Waals surface area (Å²) in [5, 5.41) is 3.71. The smallest absolute Gasteiger partial charge is 0.237 e. The summed E-state index contributed by atoms with van der Waals surface area (Å²) in [6.45, 7) is 5.55. The first-order valence-corrected chi connectivity index (χ1v) is 5.30. The number of thiazole rings is 1. The van der Waals surface area contributed by atoms with Crippen LogP contribution in [0.1, 0.15) is 29.8 Å². The van der Waals surface area contributed by atoms with Gasteiger partial charge in [-0.25, -0.2) is 4.98 Å². The van der Waals surface area contributed by atoms with Crippen molar-refractivity contribution >= 4 is 17.2 Å². The van der Waals surface area contributed by atoms with E-state index >= 15 is 0 Å². The third kappa shape index (κ3) is 2.78. The molecule has 0 saturated carbocycles. The lowest BCUT2D eigenvalue weighted by Gasteiger charge is -2.12. The molecule has 3 N–H and O–H groups in total. The molecular formula is C9H15N3OS. The lowest BCUT2D eigenvalue weighted by atomic mass is 10.3. The number of carbonyl (C=O) groups is 1. The zero-order valence-corrected chi connectivity index (χ0v) is 9.39. The summed E-state index contributed by atoms with van der Waals surface area (Å²) in [6, 6.07) is -0.536. The molecule has 1 aromatic heterocycles.